The number of hydrogen-bond donors (Lipinski definition) is 0. The fourth-order valence-electron chi connectivity index (χ4n) is 1.75. The third kappa shape index (κ3) is 3.71. The van der Waals surface area contributed by atoms with Crippen molar-refractivity contribution in [2.24, 2.45) is 0 Å². The number of rotatable bonds is 4. The predicted molar refractivity (Wildman–Crippen MR) is 68.3 cm³/mol. The number of pyridine rings is 1. The minimum Gasteiger partial charge on any atom is -0.481 e. The molecule has 0 radical (unpaired) electrons. The summed E-state index contributed by atoms with van der Waals surface area (Å²) >= 11 is 0. The van der Waals surface area contributed by atoms with Crippen molar-refractivity contribution >= 4 is 6.29 Å². The molecule has 0 saturated heterocycles. The average molecular weight is 297 g/mol. The van der Waals surface area contributed by atoms with Gasteiger partial charge in [0.25, 0.3) is 0 Å². The Morgan fingerprint density at radius 2 is 1.95 bits per heavy atom. The van der Waals surface area contributed by atoms with Crippen molar-refractivity contribution < 1.29 is 27.4 Å². The van der Waals surface area contributed by atoms with Crippen LogP contribution in [0.15, 0.2) is 36.5 Å². The van der Waals surface area contributed by atoms with E-state index in [0.29, 0.717) is 23.3 Å². The molecule has 0 bridgehead atoms. The molecule has 0 atom stereocenters. The molecular formula is C14H10F3NO3. The maximum atomic E-state index is 12.2. The van der Waals surface area contributed by atoms with Gasteiger partial charge in [0.15, 0.2) is 6.29 Å². The van der Waals surface area contributed by atoms with Gasteiger partial charge in [-0.15, -0.1) is 13.2 Å². The molecule has 0 spiro atoms. The molecule has 2 aromatic rings. The lowest BCUT2D eigenvalue weighted by Gasteiger charge is -2.11. The third-order valence-electron chi connectivity index (χ3n) is 2.64. The van der Waals surface area contributed by atoms with Crippen LogP contribution in [0.3, 0.4) is 0 Å². The highest BCUT2D eigenvalue weighted by atomic mass is 19.4. The number of carbonyl (C=O) groups excluding carboxylic acids is 1. The van der Waals surface area contributed by atoms with Gasteiger partial charge in [0.05, 0.1) is 7.11 Å². The van der Waals surface area contributed by atoms with E-state index in [9.17, 15) is 18.0 Å². The molecule has 0 aliphatic carbocycles. The molecule has 0 saturated carbocycles. The summed E-state index contributed by atoms with van der Waals surface area (Å²) in [6.07, 6.45) is -2.84. The molecule has 1 heterocycles. The molecule has 1 aromatic carbocycles. The van der Waals surface area contributed by atoms with E-state index in [4.69, 9.17) is 4.74 Å². The molecule has 2 rings (SSSR count). The minimum atomic E-state index is -4.79. The number of halogens is 3. The third-order valence-corrected chi connectivity index (χ3v) is 2.64. The first kappa shape index (κ1) is 14.8. The Morgan fingerprint density at radius 3 is 2.48 bits per heavy atom. The molecule has 7 heteroatoms. The summed E-state index contributed by atoms with van der Waals surface area (Å²) in [7, 11) is 1.44. The fourth-order valence-corrected chi connectivity index (χ4v) is 1.75. The molecule has 4 nitrogen and oxygen atoms in total. The molecule has 0 fully saturated rings. The van der Waals surface area contributed by atoms with Crippen molar-refractivity contribution in [1.82, 2.24) is 4.98 Å². The highest BCUT2D eigenvalue weighted by molar-refractivity contribution is 5.88. The van der Waals surface area contributed by atoms with Crippen LogP contribution in [0.25, 0.3) is 11.1 Å². The Kier molecular flexibility index (Phi) is 4.11. The van der Waals surface area contributed by atoms with Gasteiger partial charge in [-0.3, -0.25) is 4.79 Å². The second kappa shape index (κ2) is 5.82. The second-order valence-corrected chi connectivity index (χ2v) is 4.00. The van der Waals surface area contributed by atoms with Gasteiger partial charge in [0.1, 0.15) is 5.75 Å². The highest BCUT2D eigenvalue weighted by Crippen LogP contribution is 2.30. The Labute approximate surface area is 118 Å². The summed E-state index contributed by atoms with van der Waals surface area (Å²) in [6, 6.07) is 6.61. The van der Waals surface area contributed by atoms with Crippen LogP contribution in [0.4, 0.5) is 13.2 Å². The van der Waals surface area contributed by atoms with E-state index in [1.54, 1.807) is 12.1 Å². The van der Waals surface area contributed by atoms with Gasteiger partial charge < -0.3 is 9.47 Å². The lowest BCUT2D eigenvalue weighted by Crippen LogP contribution is -2.17. The van der Waals surface area contributed by atoms with E-state index in [1.165, 1.54) is 19.4 Å². The zero-order chi connectivity index (χ0) is 15.5. The molecular weight excluding hydrogens is 287 g/mol. The van der Waals surface area contributed by atoms with Crippen molar-refractivity contribution in [2.75, 3.05) is 7.11 Å². The first-order valence-electron chi connectivity index (χ1n) is 5.78. The minimum absolute atomic E-state index is 0.233. The molecule has 1 aromatic heterocycles. The maximum absolute atomic E-state index is 12.2. The zero-order valence-electron chi connectivity index (χ0n) is 10.8. The molecule has 21 heavy (non-hydrogen) atoms. The van der Waals surface area contributed by atoms with Crippen LogP contribution in [-0.2, 0) is 0 Å². The van der Waals surface area contributed by atoms with Crippen molar-refractivity contribution in [3.05, 3.63) is 42.1 Å². The summed E-state index contributed by atoms with van der Waals surface area (Å²) in [5.41, 5.74) is 1.00. The smallest absolute Gasteiger partial charge is 0.481 e. The van der Waals surface area contributed by atoms with Crippen LogP contribution in [0.1, 0.15) is 10.4 Å². The van der Waals surface area contributed by atoms with Crippen molar-refractivity contribution in [3.8, 4) is 22.8 Å². The number of alkyl halides is 3. The van der Waals surface area contributed by atoms with E-state index in [-0.39, 0.29) is 5.56 Å². The van der Waals surface area contributed by atoms with Gasteiger partial charge in [0, 0.05) is 23.4 Å². The van der Waals surface area contributed by atoms with Gasteiger partial charge in [-0.05, 0) is 29.8 Å². The number of benzene rings is 1. The van der Waals surface area contributed by atoms with Gasteiger partial charge in [0.2, 0.25) is 5.88 Å². The number of aldehydes is 1. The Bertz CT molecular complexity index is 639. The highest BCUT2D eigenvalue weighted by Gasteiger charge is 2.31. The lowest BCUT2D eigenvalue weighted by atomic mass is 10.0. The van der Waals surface area contributed by atoms with E-state index in [0.717, 1.165) is 12.1 Å². The number of hydrogen-bond acceptors (Lipinski definition) is 4. The number of carbonyl (C=O) groups is 1. The Morgan fingerprint density at radius 1 is 1.19 bits per heavy atom. The quantitative estimate of drug-likeness (QED) is 0.811. The van der Waals surface area contributed by atoms with Crippen LogP contribution in [0.2, 0.25) is 0 Å². The normalized spacial score (nSPS) is 11.0. The van der Waals surface area contributed by atoms with Crippen LogP contribution in [-0.4, -0.2) is 24.7 Å². The summed E-state index contributed by atoms with van der Waals surface area (Å²) in [6.45, 7) is 0. The SMILES string of the molecule is COc1ccc(-c2cc(OC(F)(F)F)ccc2C=O)cn1. The van der Waals surface area contributed by atoms with E-state index in [2.05, 4.69) is 9.72 Å². The zero-order valence-corrected chi connectivity index (χ0v) is 10.8. The molecule has 110 valence electrons. The van der Waals surface area contributed by atoms with Gasteiger partial charge >= 0.3 is 6.36 Å². The van der Waals surface area contributed by atoms with Crippen molar-refractivity contribution in [2.45, 2.75) is 6.36 Å². The summed E-state index contributed by atoms with van der Waals surface area (Å²) in [5.74, 6) is -0.0481. The second-order valence-electron chi connectivity index (χ2n) is 4.00. The van der Waals surface area contributed by atoms with Crippen LogP contribution in [0, 0.1) is 0 Å². The Hall–Kier alpha value is -2.57. The standard InChI is InChI=1S/C14H10F3NO3/c1-20-13-5-3-9(7-18-13)12-6-11(21-14(15,16)17)4-2-10(12)8-19/h2-8H,1H3. The van der Waals surface area contributed by atoms with Crippen LogP contribution in [0.5, 0.6) is 11.6 Å². The molecule has 0 aliphatic rings. The summed E-state index contributed by atoms with van der Waals surface area (Å²) in [5, 5.41) is 0. The van der Waals surface area contributed by atoms with Crippen LogP contribution < -0.4 is 9.47 Å². The molecule has 0 unspecified atom stereocenters. The monoisotopic (exact) mass is 297 g/mol. The van der Waals surface area contributed by atoms with Gasteiger partial charge in [-0.2, -0.15) is 0 Å². The Balaban J connectivity index is 2.43. The number of ether oxygens (including phenoxy) is 2. The van der Waals surface area contributed by atoms with E-state index in [1.807, 2.05) is 0 Å². The number of aromatic nitrogens is 1. The molecule has 0 amide bonds. The van der Waals surface area contributed by atoms with Crippen molar-refractivity contribution in [3.63, 3.8) is 0 Å². The lowest BCUT2D eigenvalue weighted by molar-refractivity contribution is -0.274. The largest absolute Gasteiger partial charge is 0.573 e. The van der Waals surface area contributed by atoms with Gasteiger partial charge in [-0.1, -0.05) is 0 Å². The summed E-state index contributed by atoms with van der Waals surface area (Å²) < 4.78 is 45.5. The first-order chi connectivity index (χ1) is 9.93. The number of nitrogens with zero attached hydrogens (tertiary/aromatic N) is 1. The topological polar surface area (TPSA) is 48.4 Å². The molecule has 0 aliphatic heterocycles. The van der Waals surface area contributed by atoms with Gasteiger partial charge in [-0.25, -0.2) is 4.98 Å². The maximum Gasteiger partial charge on any atom is 0.573 e. The van der Waals surface area contributed by atoms with E-state index < -0.39 is 12.1 Å². The predicted octanol–water partition coefficient (Wildman–Crippen LogP) is 3.47. The van der Waals surface area contributed by atoms with E-state index >= 15 is 0 Å². The fraction of sp³-hybridized carbons (Fsp3) is 0.143. The molecule has 0 N–H and O–H groups in total. The summed E-state index contributed by atoms with van der Waals surface area (Å²) in [4.78, 5) is 15.0. The first-order valence-corrected chi connectivity index (χ1v) is 5.78. The average Bonchev–Trinajstić information content (AvgIpc) is 2.45. The van der Waals surface area contributed by atoms with Crippen LogP contribution >= 0.6 is 0 Å². The number of methoxy groups -OCH3 is 1. The van der Waals surface area contributed by atoms with Crippen molar-refractivity contribution in [1.29, 1.82) is 0 Å².